The molecule has 0 fully saturated rings. The average molecular weight is 995 g/mol. The molecule has 0 saturated carbocycles. The molecular weight excluding hydrogens is 957 g/mol. The van der Waals surface area contributed by atoms with Gasteiger partial charge in [-0.25, -0.2) is 15.0 Å². The Labute approximate surface area is 436 Å². The van der Waals surface area contributed by atoms with Crippen LogP contribution in [0.2, 0.25) is 0 Å². The van der Waals surface area contributed by atoms with Gasteiger partial charge in [-0.05, 0) is 106 Å². The number of nitrogens with zero attached hydrogens (tertiary/aromatic N) is 4. The summed E-state index contributed by atoms with van der Waals surface area (Å²) in [5.74, 6) is 1.91. The third kappa shape index (κ3) is 6.40. The van der Waals surface area contributed by atoms with E-state index in [-0.39, 0.29) is 0 Å². The lowest BCUT2D eigenvalue weighted by atomic mass is 9.98. The Kier molecular flexibility index (Phi) is 9.21. The van der Waals surface area contributed by atoms with Crippen molar-refractivity contribution in [3.05, 3.63) is 231 Å². The van der Waals surface area contributed by atoms with Crippen molar-refractivity contribution in [3.8, 4) is 62.1 Å². The summed E-state index contributed by atoms with van der Waals surface area (Å²) in [6, 6.07) is 84.0. The fourth-order valence-electron chi connectivity index (χ4n) is 11.5. The summed E-state index contributed by atoms with van der Waals surface area (Å²) in [4.78, 5) is 16.5. The van der Waals surface area contributed by atoms with E-state index in [2.05, 4.69) is 235 Å². The smallest absolute Gasteiger partial charge is 0.164 e. The van der Waals surface area contributed by atoms with Gasteiger partial charge in [-0.15, -0.1) is 34.0 Å². The van der Waals surface area contributed by atoms with Gasteiger partial charge < -0.3 is 4.57 Å². The zero-order valence-corrected chi connectivity index (χ0v) is 41.9. The van der Waals surface area contributed by atoms with Crippen LogP contribution in [0.25, 0.3) is 155 Å². The first kappa shape index (κ1) is 41.7. The molecule has 0 aliphatic heterocycles. The van der Waals surface area contributed by atoms with Gasteiger partial charge in [0.2, 0.25) is 0 Å². The molecule has 16 aromatic rings. The monoisotopic (exact) mass is 994 g/mol. The predicted molar refractivity (Wildman–Crippen MR) is 318 cm³/mol. The first-order valence-electron chi connectivity index (χ1n) is 24.8. The van der Waals surface area contributed by atoms with Crippen LogP contribution in [0.3, 0.4) is 0 Å². The lowest BCUT2D eigenvalue weighted by Gasteiger charge is -2.17. The Morgan fingerprint density at radius 2 is 0.797 bits per heavy atom. The molecule has 5 heterocycles. The van der Waals surface area contributed by atoms with Crippen LogP contribution in [-0.4, -0.2) is 19.5 Å². The van der Waals surface area contributed by atoms with Crippen LogP contribution in [0, 0.1) is 0 Å². The fraction of sp³-hybridized carbons (Fsp3) is 0. The highest BCUT2D eigenvalue weighted by atomic mass is 32.1. The maximum Gasteiger partial charge on any atom is 0.164 e. The minimum Gasteiger partial charge on any atom is -0.309 e. The number of rotatable bonds is 6. The van der Waals surface area contributed by atoms with Crippen molar-refractivity contribution in [2.45, 2.75) is 0 Å². The van der Waals surface area contributed by atoms with Gasteiger partial charge in [0.25, 0.3) is 0 Å². The van der Waals surface area contributed by atoms with E-state index in [9.17, 15) is 0 Å². The normalized spacial score (nSPS) is 12.1. The van der Waals surface area contributed by atoms with Gasteiger partial charge in [0.05, 0.1) is 16.7 Å². The van der Waals surface area contributed by atoms with Gasteiger partial charge in [-0.1, -0.05) is 152 Å². The molecule has 4 nitrogen and oxygen atoms in total. The summed E-state index contributed by atoms with van der Waals surface area (Å²) >= 11 is 5.46. The maximum absolute atomic E-state index is 5.53. The molecule has 11 aromatic carbocycles. The largest absolute Gasteiger partial charge is 0.309 e. The van der Waals surface area contributed by atoms with Gasteiger partial charge in [0.15, 0.2) is 17.5 Å². The second kappa shape index (κ2) is 16.3. The molecule has 0 aliphatic carbocycles. The van der Waals surface area contributed by atoms with E-state index in [4.69, 9.17) is 15.0 Å². The number of benzene rings is 11. The summed E-state index contributed by atoms with van der Waals surface area (Å²) in [5.41, 5.74) is 10.9. The Hall–Kier alpha value is -8.85. The Balaban J connectivity index is 1.00. The number of fused-ring (bicyclic) bond motifs is 13. The van der Waals surface area contributed by atoms with E-state index < -0.39 is 0 Å². The second-order valence-corrected chi connectivity index (χ2v) is 22.3. The van der Waals surface area contributed by atoms with Crippen LogP contribution in [-0.2, 0) is 0 Å². The molecule has 0 saturated heterocycles. The van der Waals surface area contributed by atoms with E-state index in [1.54, 1.807) is 0 Å². The van der Waals surface area contributed by atoms with E-state index in [0.29, 0.717) is 17.5 Å². The van der Waals surface area contributed by atoms with Crippen LogP contribution in [0.4, 0.5) is 0 Å². The van der Waals surface area contributed by atoms with Gasteiger partial charge in [-0.2, -0.15) is 0 Å². The van der Waals surface area contributed by atoms with Crippen LogP contribution >= 0.6 is 34.0 Å². The third-order valence-corrected chi connectivity index (χ3v) is 18.3. The third-order valence-electron chi connectivity index (χ3n) is 14.8. The minimum atomic E-state index is 0.618. The Bertz CT molecular complexity index is 4850. The van der Waals surface area contributed by atoms with Crippen molar-refractivity contribution in [1.29, 1.82) is 0 Å². The quantitative estimate of drug-likeness (QED) is 0.167. The molecule has 0 unspecified atom stereocenters. The van der Waals surface area contributed by atoms with Gasteiger partial charge in [0, 0.05) is 93.5 Å². The van der Waals surface area contributed by atoms with Crippen molar-refractivity contribution in [1.82, 2.24) is 19.5 Å². The van der Waals surface area contributed by atoms with E-state index in [1.165, 1.54) is 82.4 Å². The number of thiophene rings is 3. The summed E-state index contributed by atoms with van der Waals surface area (Å²) < 4.78 is 9.93. The van der Waals surface area contributed by atoms with Crippen molar-refractivity contribution in [3.63, 3.8) is 0 Å². The molecule has 344 valence electrons. The number of hydrogen-bond donors (Lipinski definition) is 0. The molecule has 7 heteroatoms. The lowest BCUT2D eigenvalue weighted by Crippen LogP contribution is -2.02. The van der Waals surface area contributed by atoms with Gasteiger partial charge >= 0.3 is 0 Å². The van der Waals surface area contributed by atoms with E-state index in [1.807, 2.05) is 34.0 Å². The summed E-state index contributed by atoms with van der Waals surface area (Å²) in [6.07, 6.45) is 0. The van der Waals surface area contributed by atoms with Gasteiger partial charge in [-0.3, -0.25) is 0 Å². The molecule has 16 rings (SSSR count). The van der Waals surface area contributed by atoms with Crippen molar-refractivity contribution in [2.24, 2.45) is 0 Å². The van der Waals surface area contributed by atoms with Crippen molar-refractivity contribution < 1.29 is 0 Å². The Morgan fingerprint density at radius 3 is 1.50 bits per heavy atom. The van der Waals surface area contributed by atoms with Gasteiger partial charge in [0.1, 0.15) is 0 Å². The van der Waals surface area contributed by atoms with Crippen LogP contribution < -0.4 is 0 Å². The summed E-state index contributed by atoms with van der Waals surface area (Å²) in [7, 11) is 0. The molecule has 0 amide bonds. The molecule has 0 N–H and O–H groups in total. The highest BCUT2D eigenvalue weighted by molar-refractivity contribution is 7.26. The molecule has 5 aromatic heterocycles. The number of aromatic nitrogens is 4. The lowest BCUT2D eigenvalue weighted by molar-refractivity contribution is 1.08. The van der Waals surface area contributed by atoms with E-state index in [0.717, 1.165) is 55.3 Å². The predicted octanol–water partition coefficient (Wildman–Crippen LogP) is 19.6. The topological polar surface area (TPSA) is 43.6 Å². The highest BCUT2D eigenvalue weighted by Crippen LogP contribution is 2.46. The van der Waals surface area contributed by atoms with Crippen LogP contribution in [0.5, 0.6) is 0 Å². The molecule has 0 radical (unpaired) electrons. The standard InChI is InChI=1S/C67H38N4S3/c1-2-15-39(16-3-1)44-22-12-25-54-62(44)52-35-40-17-4-5-18-41(40)38-55(52)71(54)53-33-31-43(37-50(53)42-32-34-59-51(36-42)45-19-6-9-26-56(45)72-59)65-68-66(48-23-13-29-60-63(48)46-20-7-10-27-57(46)73-60)70-67(69-65)49-24-14-30-61-64(49)47-21-8-11-28-58(47)74-61/h1-38H. The summed E-state index contributed by atoms with van der Waals surface area (Å²) in [6.45, 7) is 0. The first-order valence-corrected chi connectivity index (χ1v) is 27.3. The molecular formula is C67H38N4S3. The zero-order chi connectivity index (χ0) is 48.4. The van der Waals surface area contributed by atoms with Crippen LogP contribution in [0.15, 0.2) is 231 Å². The van der Waals surface area contributed by atoms with E-state index >= 15 is 0 Å². The van der Waals surface area contributed by atoms with Crippen molar-refractivity contribution in [2.75, 3.05) is 0 Å². The molecule has 0 spiro atoms. The van der Waals surface area contributed by atoms with Crippen molar-refractivity contribution >= 4 is 127 Å². The molecule has 0 aliphatic rings. The highest BCUT2D eigenvalue weighted by Gasteiger charge is 2.24. The second-order valence-electron chi connectivity index (χ2n) is 19.0. The Morgan fingerprint density at radius 1 is 0.270 bits per heavy atom. The zero-order valence-electron chi connectivity index (χ0n) is 39.5. The first-order chi connectivity index (χ1) is 36.7. The fourth-order valence-corrected chi connectivity index (χ4v) is 14.9. The molecule has 74 heavy (non-hydrogen) atoms. The number of hydrogen-bond acceptors (Lipinski definition) is 6. The summed E-state index contributed by atoms with van der Waals surface area (Å²) in [5, 5.41) is 12.1. The molecule has 0 bridgehead atoms. The average Bonchev–Trinajstić information content (AvgIpc) is 4.24. The maximum atomic E-state index is 5.53. The molecule has 0 atom stereocenters. The van der Waals surface area contributed by atoms with Crippen LogP contribution in [0.1, 0.15) is 0 Å². The SMILES string of the molecule is c1ccc(-c2cccc3c2c2cc4ccccc4cc2n3-c2ccc(-c3nc(-c4cccc5sc6ccccc6c45)nc(-c4cccc5sc6ccccc6c45)n3)cc2-c2ccc3sc4ccccc4c3c2)cc1. The minimum absolute atomic E-state index is 0.618.